The Morgan fingerprint density at radius 1 is 1.39 bits per heavy atom. The molecule has 1 rings (SSSR count). The molecule has 2 unspecified atom stereocenters. The third-order valence-corrected chi connectivity index (χ3v) is 4.34. The monoisotopic (exact) mass is 280 g/mol. The van der Waals surface area contributed by atoms with Gasteiger partial charge in [0.1, 0.15) is 0 Å². The molecule has 0 aromatic heterocycles. The molecule has 0 saturated carbocycles. The van der Waals surface area contributed by atoms with Gasteiger partial charge < -0.3 is 9.63 Å². The highest BCUT2D eigenvalue weighted by atomic mass is 31.2. The molecule has 0 radical (unpaired) electrons. The molecule has 1 aliphatic heterocycles. The van der Waals surface area contributed by atoms with Crippen molar-refractivity contribution in [2.45, 2.75) is 46.8 Å². The largest absolute Gasteiger partial charge is 0.472 e. The highest BCUT2D eigenvalue weighted by Gasteiger charge is 2.38. The fraction of sp³-hybridized carbons (Fsp3) is 1.00. The van der Waals surface area contributed by atoms with Crippen LogP contribution in [0, 0.1) is 17.8 Å². The molecule has 18 heavy (non-hydrogen) atoms. The Kier molecular flexibility index (Phi) is 5.81. The normalized spacial score (nSPS) is 32.1. The van der Waals surface area contributed by atoms with Crippen LogP contribution in [0.15, 0.2) is 0 Å². The number of ether oxygens (including phenoxy) is 1. The van der Waals surface area contributed by atoms with Crippen molar-refractivity contribution in [1.29, 1.82) is 0 Å². The third-order valence-electron chi connectivity index (χ3n) is 3.18. The van der Waals surface area contributed by atoms with Crippen LogP contribution >= 0.6 is 7.82 Å². The average molecular weight is 280 g/mol. The van der Waals surface area contributed by atoms with Crippen molar-refractivity contribution in [1.82, 2.24) is 0 Å². The molecule has 1 saturated heterocycles. The molecular weight excluding hydrogens is 255 g/mol. The van der Waals surface area contributed by atoms with Gasteiger partial charge in [-0.1, -0.05) is 20.8 Å². The Hall–Kier alpha value is 0.0700. The van der Waals surface area contributed by atoms with Gasteiger partial charge >= 0.3 is 7.82 Å². The van der Waals surface area contributed by atoms with Crippen molar-refractivity contribution in [2.75, 3.05) is 13.2 Å². The zero-order valence-electron chi connectivity index (χ0n) is 11.8. The van der Waals surface area contributed by atoms with Crippen molar-refractivity contribution >= 4 is 7.82 Å². The third kappa shape index (κ3) is 4.63. The van der Waals surface area contributed by atoms with Gasteiger partial charge in [0, 0.05) is 6.61 Å². The Labute approximate surface area is 109 Å². The first kappa shape index (κ1) is 16.1. The second-order valence-electron chi connectivity index (χ2n) is 5.59. The minimum Gasteiger partial charge on any atom is -0.375 e. The molecule has 1 N–H and O–H groups in total. The van der Waals surface area contributed by atoms with Crippen LogP contribution in [-0.4, -0.2) is 30.3 Å². The maximum atomic E-state index is 11.6. The molecule has 0 amide bonds. The summed E-state index contributed by atoms with van der Waals surface area (Å²) in [6.07, 6.45) is -0.471. The van der Waals surface area contributed by atoms with Gasteiger partial charge in [-0.3, -0.25) is 9.05 Å². The summed E-state index contributed by atoms with van der Waals surface area (Å²) >= 11 is 0. The zero-order chi connectivity index (χ0) is 13.9. The minimum atomic E-state index is -3.96. The van der Waals surface area contributed by atoms with Crippen LogP contribution in [0.1, 0.15) is 34.6 Å². The van der Waals surface area contributed by atoms with Gasteiger partial charge in [-0.05, 0) is 31.6 Å². The lowest BCUT2D eigenvalue weighted by molar-refractivity contribution is 0.0200. The van der Waals surface area contributed by atoms with E-state index in [0.717, 1.165) is 0 Å². The van der Waals surface area contributed by atoms with E-state index in [1.54, 1.807) is 13.8 Å². The number of phosphoric ester groups is 1. The van der Waals surface area contributed by atoms with Crippen LogP contribution < -0.4 is 0 Å². The van der Waals surface area contributed by atoms with E-state index in [9.17, 15) is 9.46 Å². The van der Waals surface area contributed by atoms with Crippen molar-refractivity contribution < 1.29 is 23.2 Å². The second kappa shape index (κ2) is 6.49. The lowest BCUT2D eigenvalue weighted by atomic mass is 9.83. The first-order valence-corrected chi connectivity index (χ1v) is 8.00. The van der Waals surface area contributed by atoms with Gasteiger partial charge in [-0.15, -0.1) is 0 Å². The lowest BCUT2D eigenvalue weighted by Gasteiger charge is -2.25. The number of rotatable bonds is 6. The van der Waals surface area contributed by atoms with Gasteiger partial charge in [-0.2, -0.15) is 0 Å². The molecule has 0 aromatic rings. The van der Waals surface area contributed by atoms with Crippen LogP contribution in [-0.2, 0) is 18.3 Å². The Morgan fingerprint density at radius 2 is 2.00 bits per heavy atom. The van der Waals surface area contributed by atoms with Crippen LogP contribution in [0.5, 0.6) is 0 Å². The molecule has 0 bridgehead atoms. The van der Waals surface area contributed by atoms with Crippen LogP contribution in [0.4, 0.5) is 0 Å². The van der Waals surface area contributed by atoms with E-state index in [0.29, 0.717) is 24.4 Å². The molecule has 4 atom stereocenters. The topological polar surface area (TPSA) is 65.0 Å². The first-order valence-electron chi connectivity index (χ1n) is 6.50. The number of hydrogen-bond donors (Lipinski definition) is 1. The van der Waals surface area contributed by atoms with Crippen LogP contribution in [0.2, 0.25) is 0 Å². The highest BCUT2D eigenvalue weighted by Crippen LogP contribution is 2.46. The summed E-state index contributed by atoms with van der Waals surface area (Å²) in [7, 11) is -3.96. The van der Waals surface area contributed by atoms with Crippen molar-refractivity contribution in [3.05, 3.63) is 0 Å². The summed E-state index contributed by atoms with van der Waals surface area (Å²) in [5.41, 5.74) is 0. The van der Waals surface area contributed by atoms with Crippen LogP contribution in [0.25, 0.3) is 0 Å². The van der Waals surface area contributed by atoms with Gasteiger partial charge in [-0.25, -0.2) is 4.57 Å². The molecule has 0 spiro atoms. The Morgan fingerprint density at radius 3 is 2.50 bits per heavy atom. The molecular formula is C12H25O5P. The van der Waals surface area contributed by atoms with E-state index >= 15 is 0 Å². The van der Waals surface area contributed by atoms with Crippen LogP contribution in [0.3, 0.4) is 0 Å². The minimum absolute atomic E-state index is 0.105. The average Bonchev–Trinajstić information content (AvgIpc) is 2.54. The van der Waals surface area contributed by atoms with Gasteiger partial charge in [0.05, 0.1) is 18.8 Å². The number of phosphoric acid groups is 1. The second-order valence-corrected chi connectivity index (χ2v) is 7.00. The van der Waals surface area contributed by atoms with Crippen molar-refractivity contribution in [3.8, 4) is 0 Å². The Balaban J connectivity index is 2.50. The van der Waals surface area contributed by atoms with E-state index in [4.69, 9.17) is 13.8 Å². The van der Waals surface area contributed by atoms with Crippen molar-refractivity contribution in [3.63, 3.8) is 0 Å². The quantitative estimate of drug-likeness (QED) is 0.758. The lowest BCUT2D eigenvalue weighted by Crippen LogP contribution is -2.28. The standard InChI is InChI=1S/C12H25O5P/c1-8(2)12-10(5)6-15-11(12)7-16-18(13,14)17-9(3)4/h8-12H,6-7H2,1-5H3,(H,13,14)/t10-,11+,12?/m0/s1. The predicted molar refractivity (Wildman–Crippen MR) is 69.2 cm³/mol. The molecule has 1 heterocycles. The Bertz CT molecular complexity index is 305. The molecule has 108 valence electrons. The SMILES string of the molecule is CC(C)OP(=O)(O)OC[C@H]1OC[C@H](C)C1C(C)C. The summed E-state index contributed by atoms with van der Waals surface area (Å²) in [6.45, 7) is 10.6. The molecule has 5 nitrogen and oxygen atoms in total. The predicted octanol–water partition coefficient (Wildman–Crippen LogP) is 2.84. The fourth-order valence-corrected chi connectivity index (χ4v) is 3.50. The zero-order valence-corrected chi connectivity index (χ0v) is 12.7. The van der Waals surface area contributed by atoms with Gasteiger partial charge in [0.25, 0.3) is 0 Å². The summed E-state index contributed by atoms with van der Waals surface area (Å²) in [5, 5.41) is 0. The molecule has 0 aromatic carbocycles. The smallest absolute Gasteiger partial charge is 0.375 e. The van der Waals surface area contributed by atoms with Gasteiger partial charge in [0.2, 0.25) is 0 Å². The maximum absolute atomic E-state index is 11.6. The van der Waals surface area contributed by atoms with E-state index < -0.39 is 7.82 Å². The summed E-state index contributed by atoms with van der Waals surface area (Å²) < 4.78 is 27.1. The molecule has 0 aliphatic carbocycles. The highest BCUT2D eigenvalue weighted by molar-refractivity contribution is 7.47. The van der Waals surface area contributed by atoms with E-state index in [1.165, 1.54) is 0 Å². The van der Waals surface area contributed by atoms with Crippen molar-refractivity contribution in [2.24, 2.45) is 17.8 Å². The van der Waals surface area contributed by atoms with E-state index in [2.05, 4.69) is 20.8 Å². The summed E-state index contributed by atoms with van der Waals surface area (Å²) in [6, 6.07) is 0. The first-order chi connectivity index (χ1) is 8.23. The molecule has 1 aliphatic rings. The summed E-state index contributed by atoms with van der Waals surface area (Å²) in [5.74, 6) is 1.26. The fourth-order valence-electron chi connectivity index (χ4n) is 2.57. The maximum Gasteiger partial charge on any atom is 0.472 e. The molecule has 1 fully saturated rings. The van der Waals surface area contributed by atoms with Gasteiger partial charge in [0.15, 0.2) is 0 Å². The number of hydrogen-bond acceptors (Lipinski definition) is 4. The summed E-state index contributed by atoms with van der Waals surface area (Å²) in [4.78, 5) is 9.49. The van der Waals surface area contributed by atoms with E-state index in [-0.39, 0.29) is 18.8 Å². The molecule has 6 heteroatoms. The van der Waals surface area contributed by atoms with E-state index in [1.807, 2.05) is 0 Å².